The Morgan fingerprint density at radius 1 is 1.36 bits per heavy atom. The molecule has 0 aliphatic rings. The molecule has 1 rings (SSSR count). The molecule has 0 heterocycles. The van der Waals surface area contributed by atoms with Gasteiger partial charge in [0, 0.05) is 6.07 Å². The number of carbonyl (C=O) groups is 1. The number of carbonyl (C=O) groups excluding carboxylic acids is 1. The number of benzene rings is 1. The minimum absolute atomic E-state index is 0.0954. The lowest BCUT2D eigenvalue weighted by Gasteiger charge is -2.21. The first-order valence-electron chi connectivity index (χ1n) is 8.21. The highest BCUT2D eigenvalue weighted by Crippen LogP contribution is 2.24. The maximum absolute atomic E-state index is 11.9. The topological polar surface area (TPSA) is 77.0 Å². The lowest BCUT2D eigenvalue weighted by molar-refractivity contribution is 0.0515. The van der Waals surface area contributed by atoms with E-state index < -0.39 is 11.7 Å². The van der Waals surface area contributed by atoms with E-state index in [-0.39, 0.29) is 19.3 Å². The number of nitrogens with one attached hydrogen (secondary N) is 1. The van der Waals surface area contributed by atoms with E-state index in [1.165, 1.54) is 0 Å². The number of methoxy groups -OCH3 is 1. The van der Waals surface area contributed by atoms with E-state index in [1.807, 2.05) is 6.92 Å². The average Bonchev–Trinajstić information content (AvgIpc) is 2.55. The Labute approximate surface area is 149 Å². The van der Waals surface area contributed by atoms with E-state index in [0.717, 1.165) is 0 Å². The van der Waals surface area contributed by atoms with Gasteiger partial charge < -0.3 is 24.6 Å². The Morgan fingerprint density at radius 3 is 2.64 bits per heavy atom. The predicted molar refractivity (Wildman–Crippen MR) is 95.9 cm³/mol. The minimum Gasteiger partial charge on any atom is -0.497 e. The lowest BCUT2D eigenvalue weighted by atomic mass is 10.1. The number of hydrogen-bond acceptors (Lipinski definition) is 5. The quantitative estimate of drug-likeness (QED) is 0.772. The van der Waals surface area contributed by atoms with Gasteiger partial charge in [0.15, 0.2) is 0 Å². The Kier molecular flexibility index (Phi) is 8.09. The summed E-state index contributed by atoms with van der Waals surface area (Å²) in [7, 11) is 1.56. The first kappa shape index (κ1) is 20.7. The zero-order valence-electron chi connectivity index (χ0n) is 15.5. The fraction of sp³-hybridized carbons (Fsp3) is 0.526. The summed E-state index contributed by atoms with van der Waals surface area (Å²) in [6.07, 6.45) is 0.134. The van der Waals surface area contributed by atoms with Gasteiger partial charge in [0.05, 0.1) is 25.3 Å². The molecule has 6 heteroatoms. The first-order chi connectivity index (χ1) is 11.8. The molecule has 1 atom stereocenters. The largest absolute Gasteiger partial charge is 0.497 e. The van der Waals surface area contributed by atoms with Crippen LogP contribution in [-0.2, 0) is 4.74 Å². The van der Waals surface area contributed by atoms with E-state index in [1.54, 1.807) is 46.1 Å². The summed E-state index contributed by atoms with van der Waals surface area (Å²) in [5.41, 5.74) is 0.0931. The van der Waals surface area contributed by atoms with Gasteiger partial charge in [-0.2, -0.15) is 0 Å². The van der Waals surface area contributed by atoms with Crippen molar-refractivity contribution in [1.29, 1.82) is 0 Å². The molecule has 0 aliphatic carbocycles. The number of amides is 1. The number of rotatable bonds is 6. The van der Waals surface area contributed by atoms with Crippen LogP contribution < -0.4 is 14.8 Å². The molecule has 2 N–H and O–H groups in total. The average molecular weight is 349 g/mol. The zero-order valence-corrected chi connectivity index (χ0v) is 15.5. The minimum atomic E-state index is -0.558. The third-order valence-electron chi connectivity index (χ3n) is 3.02. The maximum atomic E-state index is 11.9. The van der Waals surface area contributed by atoms with Crippen molar-refractivity contribution in [3.63, 3.8) is 0 Å². The Bertz CT molecular complexity index is 625. The molecule has 1 amide bonds. The van der Waals surface area contributed by atoms with Crippen LogP contribution in [0.5, 0.6) is 11.5 Å². The van der Waals surface area contributed by atoms with E-state index >= 15 is 0 Å². The molecule has 0 bridgehead atoms. The van der Waals surface area contributed by atoms with E-state index in [2.05, 4.69) is 17.2 Å². The molecule has 25 heavy (non-hydrogen) atoms. The highest BCUT2D eigenvalue weighted by molar-refractivity contribution is 5.68. The van der Waals surface area contributed by atoms with Crippen molar-refractivity contribution >= 4 is 6.09 Å². The third-order valence-corrected chi connectivity index (χ3v) is 3.02. The number of aliphatic hydroxyl groups is 1. The number of aliphatic hydroxyl groups excluding tert-OH is 1. The van der Waals surface area contributed by atoms with E-state index in [0.29, 0.717) is 23.5 Å². The molecule has 1 aromatic rings. The van der Waals surface area contributed by atoms with Gasteiger partial charge in [-0.25, -0.2) is 4.79 Å². The monoisotopic (exact) mass is 349 g/mol. The Balaban J connectivity index is 2.90. The van der Waals surface area contributed by atoms with E-state index in [4.69, 9.17) is 19.3 Å². The van der Waals surface area contributed by atoms with Crippen LogP contribution in [0.15, 0.2) is 18.2 Å². The van der Waals surface area contributed by atoms with Gasteiger partial charge in [0.25, 0.3) is 0 Å². The number of alkyl carbamates (subject to hydrolysis) is 1. The molecule has 138 valence electrons. The van der Waals surface area contributed by atoms with Gasteiger partial charge in [-0.15, -0.1) is 0 Å². The van der Waals surface area contributed by atoms with Crippen LogP contribution in [0, 0.1) is 11.8 Å². The number of hydrogen-bond donors (Lipinski definition) is 2. The molecular formula is C19H27NO5. The summed E-state index contributed by atoms with van der Waals surface area (Å²) in [4.78, 5) is 11.9. The molecule has 0 fully saturated rings. The molecule has 6 nitrogen and oxygen atoms in total. The maximum Gasteiger partial charge on any atom is 0.408 e. The van der Waals surface area contributed by atoms with Gasteiger partial charge in [-0.1, -0.05) is 18.8 Å². The van der Waals surface area contributed by atoms with Crippen molar-refractivity contribution in [1.82, 2.24) is 5.32 Å². The zero-order chi connectivity index (χ0) is 18.9. The second kappa shape index (κ2) is 9.80. The Morgan fingerprint density at radius 2 is 2.08 bits per heavy atom. The van der Waals surface area contributed by atoms with E-state index in [9.17, 15) is 4.79 Å². The van der Waals surface area contributed by atoms with Gasteiger partial charge in [-0.05, 0) is 39.3 Å². The van der Waals surface area contributed by atoms with Crippen molar-refractivity contribution in [2.75, 3.05) is 20.3 Å². The second-order valence-corrected chi connectivity index (χ2v) is 6.31. The molecule has 0 saturated heterocycles. The lowest BCUT2D eigenvalue weighted by Crippen LogP contribution is -2.38. The molecule has 0 aliphatic heterocycles. The van der Waals surface area contributed by atoms with Crippen molar-refractivity contribution in [3.05, 3.63) is 23.8 Å². The second-order valence-electron chi connectivity index (χ2n) is 6.31. The molecule has 0 saturated carbocycles. The summed E-state index contributed by atoms with van der Waals surface area (Å²) in [5, 5.41) is 11.7. The van der Waals surface area contributed by atoms with Crippen LogP contribution >= 0.6 is 0 Å². The summed E-state index contributed by atoms with van der Waals surface area (Å²) in [6, 6.07) is 4.92. The van der Waals surface area contributed by atoms with Crippen LogP contribution in [-0.4, -0.2) is 43.2 Å². The van der Waals surface area contributed by atoms with Gasteiger partial charge in [-0.3, -0.25) is 0 Å². The summed E-state index contributed by atoms with van der Waals surface area (Å²) in [6.45, 7) is 7.41. The van der Waals surface area contributed by atoms with Crippen molar-refractivity contribution in [3.8, 4) is 23.3 Å². The van der Waals surface area contributed by atoms with Crippen LogP contribution in [0.2, 0.25) is 0 Å². The fourth-order valence-corrected chi connectivity index (χ4v) is 1.86. The molecular weight excluding hydrogens is 322 g/mol. The van der Waals surface area contributed by atoms with Crippen LogP contribution in [0.3, 0.4) is 0 Å². The predicted octanol–water partition coefficient (Wildman–Crippen LogP) is 2.72. The van der Waals surface area contributed by atoms with Crippen LogP contribution in [0.4, 0.5) is 4.79 Å². The SMILES string of the molecule is CCC(C#Cc1ccc(OC)cc1OCCO)NC(=O)OC(C)(C)C. The third kappa shape index (κ3) is 7.81. The fourth-order valence-electron chi connectivity index (χ4n) is 1.86. The first-order valence-corrected chi connectivity index (χ1v) is 8.21. The van der Waals surface area contributed by atoms with Gasteiger partial charge in [0.1, 0.15) is 23.7 Å². The molecule has 1 aromatic carbocycles. The van der Waals surface area contributed by atoms with Crippen molar-refractivity contribution in [2.45, 2.75) is 45.8 Å². The molecule has 1 unspecified atom stereocenters. The highest BCUT2D eigenvalue weighted by Gasteiger charge is 2.17. The van der Waals surface area contributed by atoms with Crippen molar-refractivity contribution in [2.24, 2.45) is 0 Å². The number of ether oxygens (including phenoxy) is 3. The smallest absolute Gasteiger partial charge is 0.408 e. The summed E-state index contributed by atoms with van der Waals surface area (Å²) >= 11 is 0. The highest BCUT2D eigenvalue weighted by atomic mass is 16.6. The molecule has 0 radical (unpaired) electrons. The molecule has 0 aromatic heterocycles. The molecule has 0 spiro atoms. The van der Waals surface area contributed by atoms with Crippen molar-refractivity contribution < 1.29 is 24.1 Å². The van der Waals surface area contributed by atoms with Crippen LogP contribution in [0.25, 0.3) is 0 Å². The van der Waals surface area contributed by atoms with Crippen LogP contribution in [0.1, 0.15) is 39.7 Å². The van der Waals surface area contributed by atoms with Gasteiger partial charge >= 0.3 is 6.09 Å². The summed E-state index contributed by atoms with van der Waals surface area (Å²) < 4.78 is 15.9. The summed E-state index contributed by atoms with van der Waals surface area (Å²) in [5.74, 6) is 7.18. The van der Waals surface area contributed by atoms with Gasteiger partial charge in [0.2, 0.25) is 0 Å². The Hall–Kier alpha value is -2.39. The normalized spacial score (nSPS) is 11.8. The standard InChI is InChI=1S/C19H27NO5/c1-6-15(20-18(22)25-19(2,3)4)9-7-14-8-10-16(23-5)13-17(14)24-12-11-21/h8,10,13,15,21H,6,11-12H2,1-5H3,(H,20,22).